The van der Waals surface area contributed by atoms with Gasteiger partial charge in [0.25, 0.3) is 5.91 Å². The maximum atomic E-state index is 13.3. The molecule has 2 heterocycles. The lowest BCUT2D eigenvalue weighted by molar-refractivity contribution is 0.0747. The average Bonchev–Trinajstić information content (AvgIpc) is 2.84. The standard InChI is InChI=1S/C21H29ClN4O/c1-4-25(15-14-24(2)3)21(27)19-18-8-6-5-7-13-26(18)20(23-19)16-9-11-17(22)12-10-16/h9-12H,4-8,13-15H2,1-3H3. The zero-order valence-corrected chi connectivity index (χ0v) is 17.3. The van der Waals surface area contributed by atoms with Gasteiger partial charge in [-0.25, -0.2) is 4.98 Å². The Morgan fingerprint density at radius 2 is 1.89 bits per heavy atom. The molecule has 0 atom stereocenters. The van der Waals surface area contributed by atoms with E-state index in [0.717, 1.165) is 49.4 Å². The summed E-state index contributed by atoms with van der Waals surface area (Å²) in [6, 6.07) is 7.74. The van der Waals surface area contributed by atoms with Gasteiger partial charge in [-0.05, 0) is 64.5 Å². The summed E-state index contributed by atoms with van der Waals surface area (Å²) in [5.74, 6) is 0.931. The van der Waals surface area contributed by atoms with Crippen LogP contribution < -0.4 is 0 Å². The van der Waals surface area contributed by atoms with Gasteiger partial charge in [-0.3, -0.25) is 4.79 Å². The number of aromatic nitrogens is 2. The highest BCUT2D eigenvalue weighted by Gasteiger charge is 2.26. The van der Waals surface area contributed by atoms with Gasteiger partial charge in [-0.1, -0.05) is 18.0 Å². The van der Waals surface area contributed by atoms with Crippen molar-refractivity contribution in [3.05, 3.63) is 40.7 Å². The van der Waals surface area contributed by atoms with Gasteiger partial charge in [0, 0.05) is 36.8 Å². The smallest absolute Gasteiger partial charge is 0.274 e. The van der Waals surface area contributed by atoms with Gasteiger partial charge in [0.1, 0.15) is 11.5 Å². The zero-order valence-electron chi connectivity index (χ0n) is 16.5. The summed E-state index contributed by atoms with van der Waals surface area (Å²) in [4.78, 5) is 22.1. The number of rotatable bonds is 6. The molecular weight excluding hydrogens is 360 g/mol. The van der Waals surface area contributed by atoms with Crippen molar-refractivity contribution in [2.75, 3.05) is 33.7 Å². The van der Waals surface area contributed by atoms with Crippen LogP contribution in [-0.4, -0.2) is 59.0 Å². The molecule has 0 fully saturated rings. The van der Waals surface area contributed by atoms with E-state index in [1.165, 1.54) is 6.42 Å². The molecule has 0 radical (unpaired) electrons. The molecule has 0 spiro atoms. The highest BCUT2D eigenvalue weighted by atomic mass is 35.5. The predicted octanol–water partition coefficient (Wildman–Crippen LogP) is 3.95. The summed E-state index contributed by atoms with van der Waals surface area (Å²) in [5, 5.41) is 0.707. The van der Waals surface area contributed by atoms with Crippen molar-refractivity contribution >= 4 is 17.5 Å². The summed E-state index contributed by atoms with van der Waals surface area (Å²) >= 11 is 6.05. The number of amides is 1. The molecule has 1 aromatic carbocycles. The number of benzene rings is 1. The van der Waals surface area contributed by atoms with E-state index >= 15 is 0 Å². The molecule has 1 amide bonds. The van der Waals surface area contributed by atoms with Gasteiger partial charge < -0.3 is 14.4 Å². The lowest BCUT2D eigenvalue weighted by Crippen LogP contribution is -2.37. The van der Waals surface area contributed by atoms with Crippen molar-refractivity contribution in [2.45, 2.75) is 39.2 Å². The molecule has 2 aromatic rings. The van der Waals surface area contributed by atoms with E-state index in [1.54, 1.807) is 0 Å². The second kappa shape index (κ2) is 8.89. The minimum absolute atomic E-state index is 0.0465. The SMILES string of the molecule is CCN(CCN(C)C)C(=O)c1nc(-c2ccc(Cl)cc2)n2c1CCCCC2. The molecule has 0 saturated carbocycles. The van der Waals surface area contributed by atoms with Gasteiger partial charge in [-0.2, -0.15) is 0 Å². The molecule has 1 aliphatic rings. The van der Waals surface area contributed by atoms with E-state index < -0.39 is 0 Å². The van der Waals surface area contributed by atoms with E-state index in [1.807, 2.05) is 50.2 Å². The first-order valence-electron chi connectivity index (χ1n) is 9.80. The fourth-order valence-electron chi connectivity index (χ4n) is 3.58. The minimum atomic E-state index is 0.0465. The fourth-order valence-corrected chi connectivity index (χ4v) is 3.71. The van der Waals surface area contributed by atoms with Crippen molar-refractivity contribution in [1.82, 2.24) is 19.4 Å². The minimum Gasteiger partial charge on any atom is -0.336 e. The molecule has 146 valence electrons. The number of hydrogen-bond donors (Lipinski definition) is 0. The fraction of sp³-hybridized carbons (Fsp3) is 0.524. The lowest BCUT2D eigenvalue weighted by Gasteiger charge is -2.22. The maximum Gasteiger partial charge on any atom is 0.274 e. The Labute approximate surface area is 166 Å². The lowest BCUT2D eigenvalue weighted by atomic mass is 10.1. The third kappa shape index (κ3) is 4.53. The molecule has 0 saturated heterocycles. The molecule has 0 bridgehead atoms. The molecule has 1 aromatic heterocycles. The first-order chi connectivity index (χ1) is 13.0. The molecule has 3 rings (SSSR count). The number of fused-ring (bicyclic) bond motifs is 1. The Balaban J connectivity index is 1.99. The number of carbonyl (C=O) groups is 1. The first kappa shape index (κ1) is 19.9. The second-order valence-corrected chi connectivity index (χ2v) is 7.82. The van der Waals surface area contributed by atoms with Gasteiger partial charge in [-0.15, -0.1) is 0 Å². The van der Waals surface area contributed by atoms with Crippen molar-refractivity contribution < 1.29 is 4.79 Å². The summed E-state index contributed by atoms with van der Waals surface area (Å²) < 4.78 is 2.25. The topological polar surface area (TPSA) is 41.4 Å². The van der Waals surface area contributed by atoms with E-state index in [-0.39, 0.29) is 5.91 Å². The van der Waals surface area contributed by atoms with Crippen molar-refractivity contribution in [3.8, 4) is 11.4 Å². The van der Waals surface area contributed by atoms with E-state index in [0.29, 0.717) is 23.8 Å². The molecule has 0 N–H and O–H groups in total. The monoisotopic (exact) mass is 388 g/mol. The second-order valence-electron chi connectivity index (χ2n) is 7.39. The van der Waals surface area contributed by atoms with Crippen LogP contribution in [0.25, 0.3) is 11.4 Å². The van der Waals surface area contributed by atoms with Crippen LogP contribution in [0.2, 0.25) is 5.02 Å². The normalized spacial score (nSPS) is 14.1. The van der Waals surface area contributed by atoms with Crippen LogP contribution in [-0.2, 0) is 13.0 Å². The number of carbonyl (C=O) groups excluding carboxylic acids is 1. The van der Waals surface area contributed by atoms with Crippen LogP contribution in [0.1, 0.15) is 42.4 Å². The summed E-state index contributed by atoms with van der Waals surface area (Å²) in [7, 11) is 4.05. The van der Waals surface area contributed by atoms with Crippen molar-refractivity contribution in [3.63, 3.8) is 0 Å². The number of halogens is 1. The summed E-state index contributed by atoms with van der Waals surface area (Å²) in [6.45, 7) is 5.19. The zero-order chi connectivity index (χ0) is 19.4. The molecule has 6 heteroatoms. The number of imidazole rings is 1. The van der Waals surface area contributed by atoms with Crippen LogP contribution in [0.5, 0.6) is 0 Å². The quantitative estimate of drug-likeness (QED) is 0.752. The first-order valence-corrected chi connectivity index (χ1v) is 10.2. The third-order valence-corrected chi connectivity index (χ3v) is 5.41. The summed E-state index contributed by atoms with van der Waals surface area (Å²) in [5.41, 5.74) is 2.73. The molecule has 1 aliphatic heterocycles. The van der Waals surface area contributed by atoms with E-state index in [2.05, 4.69) is 9.47 Å². The highest BCUT2D eigenvalue weighted by Crippen LogP contribution is 2.28. The number of nitrogens with zero attached hydrogens (tertiary/aromatic N) is 4. The Bertz CT molecular complexity index is 782. The third-order valence-electron chi connectivity index (χ3n) is 5.16. The van der Waals surface area contributed by atoms with Crippen LogP contribution >= 0.6 is 11.6 Å². The molecule has 27 heavy (non-hydrogen) atoms. The van der Waals surface area contributed by atoms with Gasteiger partial charge in [0.05, 0.1) is 5.69 Å². The highest BCUT2D eigenvalue weighted by molar-refractivity contribution is 6.30. The largest absolute Gasteiger partial charge is 0.336 e. The Morgan fingerprint density at radius 1 is 1.15 bits per heavy atom. The average molecular weight is 389 g/mol. The summed E-state index contributed by atoms with van der Waals surface area (Å²) in [6.07, 6.45) is 4.33. The van der Waals surface area contributed by atoms with Crippen molar-refractivity contribution in [1.29, 1.82) is 0 Å². The van der Waals surface area contributed by atoms with Crippen LogP contribution in [0.3, 0.4) is 0 Å². The molecule has 0 unspecified atom stereocenters. The van der Waals surface area contributed by atoms with Gasteiger partial charge in [0.2, 0.25) is 0 Å². The maximum absolute atomic E-state index is 13.3. The van der Waals surface area contributed by atoms with Crippen LogP contribution in [0, 0.1) is 0 Å². The van der Waals surface area contributed by atoms with Gasteiger partial charge >= 0.3 is 0 Å². The van der Waals surface area contributed by atoms with E-state index in [4.69, 9.17) is 16.6 Å². The van der Waals surface area contributed by atoms with Crippen LogP contribution in [0.15, 0.2) is 24.3 Å². The predicted molar refractivity (Wildman–Crippen MR) is 110 cm³/mol. The Morgan fingerprint density at radius 3 is 2.56 bits per heavy atom. The van der Waals surface area contributed by atoms with Gasteiger partial charge in [0.15, 0.2) is 0 Å². The molecule has 5 nitrogen and oxygen atoms in total. The number of likely N-dealkylation sites (N-methyl/N-ethyl adjacent to an activating group) is 2. The van der Waals surface area contributed by atoms with Crippen LogP contribution in [0.4, 0.5) is 0 Å². The Kier molecular flexibility index (Phi) is 6.55. The van der Waals surface area contributed by atoms with E-state index in [9.17, 15) is 4.79 Å². The van der Waals surface area contributed by atoms with Crippen molar-refractivity contribution in [2.24, 2.45) is 0 Å². The molecule has 0 aliphatic carbocycles. The Hall–Kier alpha value is -1.85. The number of hydrogen-bond acceptors (Lipinski definition) is 3. The molecular formula is C21H29ClN4O.